The van der Waals surface area contributed by atoms with Crippen LogP contribution in [0.4, 0.5) is 0 Å². The molecule has 0 aliphatic heterocycles. The summed E-state index contributed by atoms with van der Waals surface area (Å²) in [5, 5.41) is 11.4. The summed E-state index contributed by atoms with van der Waals surface area (Å²) in [5.41, 5.74) is 2.69. The number of nitrogens with one attached hydrogen (secondary N) is 1. The molecule has 0 aliphatic rings. The minimum absolute atomic E-state index is 0.132. The number of carboxylic acids is 1. The highest BCUT2D eigenvalue weighted by Gasteiger charge is 2.05. The smallest absolute Gasteiger partial charge is 0.335 e. The molecule has 0 heterocycles. The second-order valence-electron chi connectivity index (χ2n) is 4.04. The van der Waals surface area contributed by atoms with E-state index >= 15 is 0 Å². The third-order valence-electron chi connectivity index (χ3n) is 2.84. The average Bonchev–Trinajstić information content (AvgIpc) is 2.46. The van der Waals surface area contributed by atoms with Crippen LogP contribution in [0.1, 0.15) is 20.7 Å². The van der Waals surface area contributed by atoms with Crippen LogP contribution in [-0.4, -0.2) is 24.0 Å². The number of rotatable bonds is 3. The zero-order valence-corrected chi connectivity index (χ0v) is 10.4. The Balaban J connectivity index is 2.27. The lowest BCUT2D eigenvalue weighted by atomic mass is 10.0. The summed E-state index contributed by atoms with van der Waals surface area (Å²) in [7, 11) is 1.58. The molecule has 2 aromatic rings. The summed E-state index contributed by atoms with van der Waals surface area (Å²) in [6.45, 7) is 0. The summed E-state index contributed by atoms with van der Waals surface area (Å²) in [6.07, 6.45) is 0. The zero-order valence-electron chi connectivity index (χ0n) is 10.4. The molecule has 0 spiro atoms. The minimum Gasteiger partial charge on any atom is -0.478 e. The van der Waals surface area contributed by atoms with Crippen molar-refractivity contribution in [1.29, 1.82) is 0 Å². The number of carbonyl (C=O) groups excluding carboxylic acids is 1. The van der Waals surface area contributed by atoms with E-state index in [-0.39, 0.29) is 11.5 Å². The Morgan fingerprint density at radius 3 is 1.63 bits per heavy atom. The van der Waals surface area contributed by atoms with Gasteiger partial charge >= 0.3 is 5.97 Å². The Morgan fingerprint density at radius 1 is 0.842 bits per heavy atom. The fourth-order valence-electron chi connectivity index (χ4n) is 1.76. The standard InChI is InChI=1S/C15H13NO3/c1-16-14(17)12-6-2-10(3-7-12)11-4-8-13(9-5-11)15(18)19/h2-9H,1H3,(H,16,17)(H,18,19). The van der Waals surface area contributed by atoms with Crippen LogP contribution in [0, 0.1) is 0 Å². The van der Waals surface area contributed by atoms with Crippen LogP contribution in [0.5, 0.6) is 0 Å². The number of amides is 1. The summed E-state index contributed by atoms with van der Waals surface area (Å²) < 4.78 is 0. The van der Waals surface area contributed by atoms with Crippen molar-refractivity contribution in [3.63, 3.8) is 0 Å². The summed E-state index contributed by atoms with van der Waals surface area (Å²) in [4.78, 5) is 22.2. The molecule has 0 saturated carbocycles. The molecule has 2 aromatic carbocycles. The molecule has 0 aliphatic carbocycles. The van der Waals surface area contributed by atoms with Gasteiger partial charge in [-0.15, -0.1) is 0 Å². The predicted octanol–water partition coefficient (Wildman–Crippen LogP) is 2.41. The Kier molecular flexibility index (Phi) is 3.61. The van der Waals surface area contributed by atoms with Crippen LogP contribution in [-0.2, 0) is 0 Å². The van der Waals surface area contributed by atoms with Crippen molar-refractivity contribution in [2.45, 2.75) is 0 Å². The van der Waals surface area contributed by atoms with Gasteiger partial charge in [0.05, 0.1) is 5.56 Å². The number of benzene rings is 2. The van der Waals surface area contributed by atoms with Crippen LogP contribution in [0.15, 0.2) is 48.5 Å². The maximum atomic E-state index is 11.4. The van der Waals surface area contributed by atoms with Crippen molar-refractivity contribution >= 4 is 11.9 Å². The molecule has 0 fully saturated rings. The Hall–Kier alpha value is -2.62. The van der Waals surface area contributed by atoms with Crippen molar-refractivity contribution in [3.8, 4) is 11.1 Å². The number of hydrogen-bond acceptors (Lipinski definition) is 2. The number of hydrogen-bond donors (Lipinski definition) is 2. The van der Waals surface area contributed by atoms with Gasteiger partial charge in [0.15, 0.2) is 0 Å². The van der Waals surface area contributed by atoms with Crippen molar-refractivity contribution in [2.24, 2.45) is 0 Å². The first-order valence-electron chi connectivity index (χ1n) is 5.77. The van der Waals surface area contributed by atoms with Crippen molar-refractivity contribution in [2.75, 3.05) is 7.05 Å². The molecule has 4 nitrogen and oxygen atoms in total. The molecule has 0 aromatic heterocycles. The first-order chi connectivity index (χ1) is 9.11. The monoisotopic (exact) mass is 255 g/mol. The van der Waals surface area contributed by atoms with Crippen molar-refractivity contribution in [1.82, 2.24) is 5.32 Å². The van der Waals surface area contributed by atoms with Gasteiger partial charge in [0.25, 0.3) is 5.91 Å². The number of carboxylic acid groups (broad SMARTS) is 1. The van der Waals surface area contributed by atoms with E-state index in [4.69, 9.17) is 5.11 Å². The molecule has 0 atom stereocenters. The normalized spacial score (nSPS) is 9.95. The first kappa shape index (κ1) is 12.8. The summed E-state index contributed by atoms with van der Waals surface area (Å²) in [5.74, 6) is -1.07. The van der Waals surface area contributed by atoms with Gasteiger partial charge in [-0.05, 0) is 35.4 Å². The SMILES string of the molecule is CNC(=O)c1ccc(-c2ccc(C(=O)O)cc2)cc1. The van der Waals surface area contributed by atoms with E-state index in [1.807, 2.05) is 12.1 Å². The third kappa shape index (κ3) is 2.80. The van der Waals surface area contributed by atoms with E-state index in [0.29, 0.717) is 5.56 Å². The first-order valence-corrected chi connectivity index (χ1v) is 5.77. The van der Waals surface area contributed by atoms with Crippen molar-refractivity contribution < 1.29 is 14.7 Å². The molecule has 96 valence electrons. The van der Waals surface area contributed by atoms with Gasteiger partial charge in [-0.25, -0.2) is 4.79 Å². The quantitative estimate of drug-likeness (QED) is 0.885. The predicted molar refractivity (Wildman–Crippen MR) is 72.2 cm³/mol. The molecule has 0 unspecified atom stereocenters. The molecule has 1 amide bonds. The van der Waals surface area contributed by atoms with Gasteiger partial charge in [0.2, 0.25) is 0 Å². The number of carbonyl (C=O) groups is 2. The zero-order chi connectivity index (χ0) is 13.8. The van der Waals surface area contributed by atoms with Gasteiger partial charge in [-0.1, -0.05) is 24.3 Å². The minimum atomic E-state index is -0.943. The molecule has 0 saturated heterocycles. The van der Waals surface area contributed by atoms with E-state index < -0.39 is 5.97 Å². The second-order valence-corrected chi connectivity index (χ2v) is 4.04. The molecular formula is C15H13NO3. The maximum absolute atomic E-state index is 11.4. The van der Waals surface area contributed by atoms with Crippen LogP contribution >= 0.6 is 0 Å². The van der Waals surface area contributed by atoms with E-state index in [1.54, 1.807) is 43.4 Å². The highest BCUT2D eigenvalue weighted by Crippen LogP contribution is 2.20. The van der Waals surface area contributed by atoms with Gasteiger partial charge < -0.3 is 10.4 Å². The molecule has 0 radical (unpaired) electrons. The number of aromatic carboxylic acids is 1. The Morgan fingerprint density at radius 2 is 1.26 bits per heavy atom. The molecule has 19 heavy (non-hydrogen) atoms. The van der Waals surface area contributed by atoms with E-state index in [9.17, 15) is 9.59 Å². The van der Waals surface area contributed by atoms with Crippen LogP contribution in [0.25, 0.3) is 11.1 Å². The average molecular weight is 255 g/mol. The van der Waals surface area contributed by atoms with Gasteiger partial charge in [0, 0.05) is 12.6 Å². The van der Waals surface area contributed by atoms with Gasteiger partial charge in [-0.3, -0.25) is 4.79 Å². The fraction of sp³-hybridized carbons (Fsp3) is 0.0667. The van der Waals surface area contributed by atoms with E-state index in [0.717, 1.165) is 11.1 Å². The highest BCUT2D eigenvalue weighted by atomic mass is 16.4. The van der Waals surface area contributed by atoms with Crippen LogP contribution < -0.4 is 5.32 Å². The molecule has 0 bridgehead atoms. The van der Waals surface area contributed by atoms with Crippen LogP contribution in [0.3, 0.4) is 0 Å². The largest absolute Gasteiger partial charge is 0.478 e. The summed E-state index contributed by atoms with van der Waals surface area (Å²) in [6, 6.07) is 13.8. The lowest BCUT2D eigenvalue weighted by Gasteiger charge is -2.04. The van der Waals surface area contributed by atoms with Gasteiger partial charge in [0.1, 0.15) is 0 Å². The molecule has 4 heteroatoms. The van der Waals surface area contributed by atoms with Crippen LogP contribution in [0.2, 0.25) is 0 Å². The van der Waals surface area contributed by atoms with E-state index in [1.165, 1.54) is 0 Å². The molecular weight excluding hydrogens is 242 g/mol. The topological polar surface area (TPSA) is 66.4 Å². The third-order valence-corrected chi connectivity index (χ3v) is 2.84. The van der Waals surface area contributed by atoms with Gasteiger partial charge in [-0.2, -0.15) is 0 Å². The maximum Gasteiger partial charge on any atom is 0.335 e. The van der Waals surface area contributed by atoms with E-state index in [2.05, 4.69) is 5.32 Å². The highest BCUT2D eigenvalue weighted by molar-refractivity contribution is 5.94. The lowest BCUT2D eigenvalue weighted by molar-refractivity contribution is 0.0696. The van der Waals surface area contributed by atoms with Crippen molar-refractivity contribution in [3.05, 3.63) is 59.7 Å². The lowest BCUT2D eigenvalue weighted by Crippen LogP contribution is -2.17. The fourth-order valence-corrected chi connectivity index (χ4v) is 1.76. The Labute approximate surface area is 110 Å². The molecule has 2 rings (SSSR count). The summed E-state index contributed by atoms with van der Waals surface area (Å²) >= 11 is 0. The molecule has 2 N–H and O–H groups in total. The second kappa shape index (κ2) is 5.35. The Bertz CT molecular complexity index is 600.